The van der Waals surface area contributed by atoms with Gasteiger partial charge in [0.05, 0.1) is 0 Å². The number of nitrogens with one attached hydrogen (secondary N) is 1. The second kappa shape index (κ2) is 5.10. The lowest BCUT2D eigenvalue weighted by Gasteiger charge is -2.15. The molecular formula is C10H18N2O2. The first-order valence-corrected chi connectivity index (χ1v) is 5.16. The first-order valence-electron chi connectivity index (χ1n) is 5.16. The SMILES string of the molecule is CCC(=O)C(=O)N(C)CCNC1CC1. The van der Waals surface area contributed by atoms with Crippen molar-refractivity contribution >= 4 is 11.7 Å². The van der Waals surface area contributed by atoms with Crippen molar-refractivity contribution in [1.29, 1.82) is 0 Å². The summed E-state index contributed by atoms with van der Waals surface area (Å²) in [5.41, 5.74) is 0. The first kappa shape index (κ1) is 11.2. The average Bonchev–Trinajstić information content (AvgIpc) is 2.99. The van der Waals surface area contributed by atoms with Crippen LogP contribution in [0, 0.1) is 0 Å². The van der Waals surface area contributed by atoms with Crippen LogP contribution in [0.3, 0.4) is 0 Å². The lowest BCUT2D eigenvalue weighted by molar-refractivity contribution is -0.143. The lowest BCUT2D eigenvalue weighted by Crippen LogP contribution is -2.38. The summed E-state index contributed by atoms with van der Waals surface area (Å²) in [7, 11) is 1.67. The summed E-state index contributed by atoms with van der Waals surface area (Å²) in [6, 6.07) is 0.653. The topological polar surface area (TPSA) is 49.4 Å². The Morgan fingerprint density at radius 1 is 1.43 bits per heavy atom. The van der Waals surface area contributed by atoms with Gasteiger partial charge >= 0.3 is 0 Å². The Balaban J connectivity index is 2.15. The molecule has 0 radical (unpaired) electrons. The van der Waals surface area contributed by atoms with E-state index in [4.69, 9.17) is 0 Å². The smallest absolute Gasteiger partial charge is 0.289 e. The van der Waals surface area contributed by atoms with Crippen LogP contribution in [-0.2, 0) is 9.59 Å². The third kappa shape index (κ3) is 3.46. The minimum atomic E-state index is -0.370. The Morgan fingerprint density at radius 2 is 2.07 bits per heavy atom. The van der Waals surface area contributed by atoms with Gasteiger partial charge in [-0.15, -0.1) is 0 Å². The maximum Gasteiger partial charge on any atom is 0.289 e. The molecule has 1 amide bonds. The number of likely N-dealkylation sites (N-methyl/N-ethyl adjacent to an activating group) is 1. The second-order valence-electron chi connectivity index (χ2n) is 3.73. The van der Waals surface area contributed by atoms with E-state index in [9.17, 15) is 9.59 Å². The molecule has 1 saturated carbocycles. The van der Waals surface area contributed by atoms with Crippen molar-refractivity contribution in [2.24, 2.45) is 0 Å². The van der Waals surface area contributed by atoms with Crippen molar-refractivity contribution in [3.05, 3.63) is 0 Å². The Morgan fingerprint density at radius 3 is 2.57 bits per heavy atom. The minimum absolute atomic E-state index is 0.291. The van der Waals surface area contributed by atoms with Crippen molar-refractivity contribution in [1.82, 2.24) is 10.2 Å². The van der Waals surface area contributed by atoms with Crippen LogP contribution in [-0.4, -0.2) is 42.8 Å². The van der Waals surface area contributed by atoms with Crippen LogP contribution >= 0.6 is 0 Å². The predicted octanol–water partition coefficient (Wildman–Crippen LogP) is 0.176. The summed E-state index contributed by atoms with van der Waals surface area (Å²) in [6.07, 6.45) is 2.77. The van der Waals surface area contributed by atoms with Crippen molar-refractivity contribution < 1.29 is 9.59 Å². The van der Waals surface area contributed by atoms with Gasteiger partial charge < -0.3 is 10.2 Å². The number of rotatable bonds is 6. The Bertz CT molecular complexity index is 224. The summed E-state index contributed by atoms with van der Waals surface area (Å²) in [5, 5.41) is 3.29. The molecule has 14 heavy (non-hydrogen) atoms. The number of Topliss-reactive ketones (excluding diaryl/α,β-unsaturated/α-hetero) is 1. The van der Waals surface area contributed by atoms with Gasteiger partial charge in [-0.3, -0.25) is 9.59 Å². The molecule has 0 unspecified atom stereocenters. The Labute approximate surface area is 84.7 Å². The molecule has 4 heteroatoms. The highest BCUT2D eigenvalue weighted by atomic mass is 16.2. The van der Waals surface area contributed by atoms with Gasteiger partial charge in [-0.05, 0) is 12.8 Å². The van der Waals surface area contributed by atoms with E-state index >= 15 is 0 Å². The fraction of sp³-hybridized carbons (Fsp3) is 0.800. The van der Waals surface area contributed by atoms with Gasteiger partial charge in [0.2, 0.25) is 5.78 Å². The molecule has 1 rings (SSSR count). The molecule has 0 aliphatic heterocycles. The predicted molar refractivity (Wildman–Crippen MR) is 54.0 cm³/mol. The van der Waals surface area contributed by atoms with Crippen LogP contribution in [0.2, 0.25) is 0 Å². The standard InChI is InChI=1S/C10H18N2O2/c1-3-9(13)10(14)12(2)7-6-11-8-4-5-8/h8,11H,3-7H2,1-2H3. The first-order chi connectivity index (χ1) is 6.65. The number of ketones is 1. The van der Waals surface area contributed by atoms with E-state index < -0.39 is 0 Å². The maximum absolute atomic E-state index is 11.3. The van der Waals surface area contributed by atoms with Crippen molar-refractivity contribution in [3.63, 3.8) is 0 Å². The zero-order valence-electron chi connectivity index (χ0n) is 8.88. The molecule has 0 aromatic rings. The molecule has 1 aliphatic carbocycles. The van der Waals surface area contributed by atoms with Crippen LogP contribution < -0.4 is 5.32 Å². The number of hydrogen-bond donors (Lipinski definition) is 1. The molecule has 0 saturated heterocycles. The van der Waals surface area contributed by atoms with Crippen LogP contribution in [0.4, 0.5) is 0 Å². The zero-order valence-corrected chi connectivity index (χ0v) is 8.88. The van der Waals surface area contributed by atoms with Gasteiger partial charge in [0.1, 0.15) is 0 Å². The van der Waals surface area contributed by atoms with E-state index in [1.807, 2.05) is 0 Å². The largest absolute Gasteiger partial charge is 0.338 e. The van der Waals surface area contributed by atoms with Crippen LogP contribution in [0.15, 0.2) is 0 Å². The highest BCUT2D eigenvalue weighted by Crippen LogP contribution is 2.17. The Kier molecular flexibility index (Phi) is 4.07. The normalized spacial score (nSPS) is 15.3. The molecule has 4 nitrogen and oxygen atoms in total. The van der Waals surface area contributed by atoms with Gasteiger partial charge in [0, 0.05) is 32.6 Å². The van der Waals surface area contributed by atoms with E-state index in [-0.39, 0.29) is 11.7 Å². The van der Waals surface area contributed by atoms with Crippen molar-refractivity contribution in [3.8, 4) is 0 Å². The molecule has 80 valence electrons. The zero-order chi connectivity index (χ0) is 10.6. The molecule has 0 heterocycles. The monoisotopic (exact) mass is 198 g/mol. The molecular weight excluding hydrogens is 180 g/mol. The highest BCUT2D eigenvalue weighted by molar-refractivity contribution is 6.35. The number of carbonyl (C=O) groups excluding carboxylic acids is 2. The van der Waals surface area contributed by atoms with Gasteiger partial charge in [-0.1, -0.05) is 6.92 Å². The number of amides is 1. The number of carbonyl (C=O) groups is 2. The van der Waals surface area contributed by atoms with Crippen molar-refractivity contribution in [2.45, 2.75) is 32.2 Å². The molecule has 1 fully saturated rings. The lowest BCUT2D eigenvalue weighted by atomic mass is 10.3. The molecule has 1 N–H and O–H groups in total. The molecule has 0 bridgehead atoms. The summed E-state index contributed by atoms with van der Waals surface area (Å²) >= 11 is 0. The maximum atomic E-state index is 11.3. The molecule has 0 spiro atoms. The van der Waals surface area contributed by atoms with Crippen LogP contribution in [0.25, 0.3) is 0 Å². The van der Waals surface area contributed by atoms with E-state index in [1.165, 1.54) is 17.7 Å². The molecule has 0 aromatic heterocycles. The van der Waals surface area contributed by atoms with E-state index in [0.29, 0.717) is 19.0 Å². The fourth-order valence-corrected chi connectivity index (χ4v) is 1.19. The van der Waals surface area contributed by atoms with Gasteiger partial charge in [-0.2, -0.15) is 0 Å². The Hall–Kier alpha value is -0.900. The molecule has 1 aliphatic rings. The van der Waals surface area contributed by atoms with Crippen LogP contribution in [0.5, 0.6) is 0 Å². The summed E-state index contributed by atoms with van der Waals surface area (Å²) in [6.45, 7) is 3.10. The summed E-state index contributed by atoms with van der Waals surface area (Å²) in [4.78, 5) is 23.9. The van der Waals surface area contributed by atoms with Crippen LogP contribution in [0.1, 0.15) is 26.2 Å². The van der Waals surface area contributed by atoms with Crippen molar-refractivity contribution in [2.75, 3.05) is 20.1 Å². The third-order valence-corrected chi connectivity index (χ3v) is 2.36. The fourth-order valence-electron chi connectivity index (χ4n) is 1.19. The average molecular weight is 198 g/mol. The minimum Gasteiger partial charge on any atom is -0.338 e. The summed E-state index contributed by atoms with van der Waals surface area (Å²) in [5.74, 6) is -0.677. The highest BCUT2D eigenvalue weighted by Gasteiger charge is 2.21. The van der Waals surface area contributed by atoms with E-state index in [0.717, 1.165) is 6.54 Å². The van der Waals surface area contributed by atoms with Gasteiger partial charge in [-0.25, -0.2) is 0 Å². The third-order valence-electron chi connectivity index (χ3n) is 2.36. The quantitative estimate of drug-likeness (QED) is 0.619. The molecule has 0 aromatic carbocycles. The number of hydrogen-bond acceptors (Lipinski definition) is 3. The van der Waals surface area contributed by atoms with Gasteiger partial charge in [0.25, 0.3) is 5.91 Å². The second-order valence-corrected chi connectivity index (χ2v) is 3.73. The molecule has 0 atom stereocenters. The summed E-state index contributed by atoms with van der Waals surface area (Å²) < 4.78 is 0. The number of nitrogens with zero attached hydrogens (tertiary/aromatic N) is 1. The van der Waals surface area contributed by atoms with E-state index in [2.05, 4.69) is 5.32 Å². The van der Waals surface area contributed by atoms with E-state index in [1.54, 1.807) is 14.0 Å². The van der Waals surface area contributed by atoms with Gasteiger partial charge in [0.15, 0.2) is 0 Å².